The van der Waals surface area contributed by atoms with Crippen molar-refractivity contribution in [1.29, 1.82) is 0 Å². The number of carbonyl (C=O) groups excluding carboxylic acids is 1. The summed E-state index contributed by atoms with van der Waals surface area (Å²) in [4.78, 5) is 11.7. The van der Waals surface area contributed by atoms with Gasteiger partial charge in [0.2, 0.25) is 11.0 Å². The third-order valence-electron chi connectivity index (χ3n) is 2.32. The molecule has 1 unspecified atom stereocenters. The zero-order chi connectivity index (χ0) is 13.8. The largest absolute Gasteiger partial charge is 0.380 e. The molecule has 0 aliphatic heterocycles. The molecule has 6 nitrogen and oxygen atoms in total. The van der Waals surface area contributed by atoms with Gasteiger partial charge in [-0.1, -0.05) is 32.1 Å². The number of nitrogens with zero attached hydrogens (tertiary/aromatic N) is 2. The van der Waals surface area contributed by atoms with E-state index in [4.69, 9.17) is 10.5 Å². The fraction of sp³-hybridized carbons (Fsp3) is 0.727. The summed E-state index contributed by atoms with van der Waals surface area (Å²) in [5.41, 5.74) is 5.39. The summed E-state index contributed by atoms with van der Waals surface area (Å²) < 4.78 is 5.05. The Morgan fingerprint density at radius 3 is 2.53 bits per heavy atom. The first-order valence-electron chi connectivity index (χ1n) is 5.73. The van der Waals surface area contributed by atoms with Crippen LogP contribution < -0.4 is 11.1 Å². The molecule has 0 bridgehead atoms. The van der Waals surface area contributed by atoms with Crippen molar-refractivity contribution >= 4 is 34.8 Å². The second-order valence-electron chi connectivity index (χ2n) is 5.01. The summed E-state index contributed by atoms with van der Waals surface area (Å²) >= 11 is 1.38. The van der Waals surface area contributed by atoms with Crippen LogP contribution in [0.5, 0.6) is 0 Å². The van der Waals surface area contributed by atoms with E-state index in [9.17, 15) is 4.79 Å². The third kappa shape index (κ3) is 5.82. The monoisotopic (exact) mass is 308 g/mol. The summed E-state index contributed by atoms with van der Waals surface area (Å²) in [7, 11) is 1.54. The van der Waals surface area contributed by atoms with Gasteiger partial charge in [0.1, 0.15) is 5.01 Å². The summed E-state index contributed by atoms with van der Waals surface area (Å²) in [5, 5.41) is 12.1. The molecule has 0 saturated heterocycles. The number of halogens is 1. The van der Waals surface area contributed by atoms with Crippen LogP contribution in [-0.2, 0) is 14.9 Å². The van der Waals surface area contributed by atoms with Crippen LogP contribution in [0.1, 0.15) is 32.2 Å². The Morgan fingerprint density at radius 2 is 2.11 bits per heavy atom. The molecule has 3 N–H and O–H groups in total. The highest BCUT2D eigenvalue weighted by Crippen LogP contribution is 2.27. The molecule has 0 saturated carbocycles. The van der Waals surface area contributed by atoms with Crippen LogP contribution in [0.3, 0.4) is 0 Å². The van der Waals surface area contributed by atoms with E-state index in [1.165, 1.54) is 18.4 Å². The normalized spacial score (nSPS) is 12.7. The van der Waals surface area contributed by atoms with E-state index in [0.717, 1.165) is 5.01 Å². The molecule has 0 aromatic carbocycles. The van der Waals surface area contributed by atoms with Gasteiger partial charge in [0.15, 0.2) is 0 Å². The Morgan fingerprint density at radius 1 is 1.47 bits per heavy atom. The van der Waals surface area contributed by atoms with Gasteiger partial charge in [0.05, 0.1) is 12.5 Å². The van der Waals surface area contributed by atoms with Gasteiger partial charge in [-0.05, 0) is 0 Å². The third-order valence-corrected chi connectivity index (χ3v) is 3.59. The number of methoxy groups -OCH3 is 1. The Kier molecular flexibility index (Phi) is 7.43. The average molecular weight is 309 g/mol. The predicted molar refractivity (Wildman–Crippen MR) is 79.0 cm³/mol. The topological polar surface area (TPSA) is 90.1 Å². The van der Waals surface area contributed by atoms with Crippen molar-refractivity contribution in [1.82, 2.24) is 10.2 Å². The minimum Gasteiger partial charge on any atom is -0.380 e. The number of nitrogens with two attached hydrogens (primary N) is 1. The molecule has 19 heavy (non-hydrogen) atoms. The number of hydrogen-bond acceptors (Lipinski definition) is 6. The van der Waals surface area contributed by atoms with E-state index >= 15 is 0 Å². The Labute approximate surface area is 123 Å². The molecule has 1 aromatic rings. The summed E-state index contributed by atoms with van der Waals surface area (Å²) in [6, 6.07) is 0. The lowest BCUT2D eigenvalue weighted by atomic mass is 9.98. The van der Waals surface area contributed by atoms with E-state index in [1.807, 2.05) is 0 Å². The van der Waals surface area contributed by atoms with Crippen molar-refractivity contribution in [3.63, 3.8) is 0 Å². The minimum absolute atomic E-state index is 0. The first kappa shape index (κ1) is 18.2. The highest BCUT2D eigenvalue weighted by Gasteiger charge is 2.20. The smallest absolute Gasteiger partial charge is 0.228 e. The van der Waals surface area contributed by atoms with E-state index in [-0.39, 0.29) is 36.3 Å². The van der Waals surface area contributed by atoms with Crippen molar-refractivity contribution in [2.45, 2.75) is 38.7 Å². The lowest BCUT2D eigenvalue weighted by molar-refractivity contribution is -0.118. The van der Waals surface area contributed by atoms with Crippen LogP contribution in [0.15, 0.2) is 0 Å². The number of aromatic nitrogens is 2. The second kappa shape index (κ2) is 7.74. The van der Waals surface area contributed by atoms with E-state index in [2.05, 4.69) is 36.3 Å². The molecule has 0 radical (unpaired) electrons. The standard InChI is InChI=1S/C11H20N4O2S.ClH/c1-11(2,3)9-14-15-10(18-9)13-8(16)5-7(6-12)17-4;/h7H,5-6,12H2,1-4H3,(H,13,15,16);1H. The fourth-order valence-electron chi connectivity index (χ4n) is 1.22. The fourth-order valence-corrected chi connectivity index (χ4v) is 2.03. The number of anilines is 1. The second-order valence-corrected chi connectivity index (χ2v) is 5.99. The average Bonchev–Trinajstić information content (AvgIpc) is 2.74. The molecule has 1 heterocycles. The van der Waals surface area contributed by atoms with Crippen molar-refractivity contribution in [3.8, 4) is 0 Å². The van der Waals surface area contributed by atoms with Gasteiger partial charge < -0.3 is 15.8 Å². The number of nitrogens with one attached hydrogen (secondary N) is 1. The van der Waals surface area contributed by atoms with Crippen LogP contribution in [0, 0.1) is 0 Å². The zero-order valence-electron chi connectivity index (χ0n) is 11.6. The maximum absolute atomic E-state index is 11.7. The molecule has 1 aromatic heterocycles. The molecule has 0 spiro atoms. The van der Waals surface area contributed by atoms with Gasteiger partial charge in [-0.3, -0.25) is 4.79 Å². The molecule has 8 heteroatoms. The van der Waals surface area contributed by atoms with Gasteiger partial charge in [0.25, 0.3) is 0 Å². The van der Waals surface area contributed by atoms with Gasteiger partial charge in [0, 0.05) is 19.1 Å². The number of ether oxygens (including phenoxy) is 1. The molecular weight excluding hydrogens is 288 g/mol. The van der Waals surface area contributed by atoms with E-state index < -0.39 is 0 Å². The van der Waals surface area contributed by atoms with Crippen molar-refractivity contribution in [3.05, 3.63) is 5.01 Å². The van der Waals surface area contributed by atoms with Gasteiger partial charge in [-0.15, -0.1) is 22.6 Å². The molecular formula is C11H21ClN4O2S. The first-order chi connectivity index (χ1) is 8.36. The van der Waals surface area contributed by atoms with Crippen LogP contribution in [0.25, 0.3) is 0 Å². The highest BCUT2D eigenvalue weighted by molar-refractivity contribution is 7.15. The number of rotatable bonds is 5. The molecule has 0 aliphatic rings. The van der Waals surface area contributed by atoms with Crippen molar-refractivity contribution in [2.75, 3.05) is 19.0 Å². The maximum Gasteiger partial charge on any atom is 0.228 e. The molecule has 1 rings (SSSR count). The number of carbonyl (C=O) groups is 1. The van der Waals surface area contributed by atoms with E-state index in [0.29, 0.717) is 11.7 Å². The Balaban J connectivity index is 0.00000324. The molecule has 1 amide bonds. The molecule has 110 valence electrons. The summed E-state index contributed by atoms with van der Waals surface area (Å²) in [5.74, 6) is -0.163. The SMILES string of the molecule is COC(CN)CC(=O)Nc1nnc(C(C)(C)C)s1.Cl. The van der Waals surface area contributed by atoms with Crippen LogP contribution in [0.2, 0.25) is 0 Å². The van der Waals surface area contributed by atoms with Crippen molar-refractivity contribution < 1.29 is 9.53 Å². The summed E-state index contributed by atoms with van der Waals surface area (Å²) in [6.45, 7) is 6.46. The lowest BCUT2D eigenvalue weighted by Gasteiger charge is -2.12. The highest BCUT2D eigenvalue weighted by atomic mass is 35.5. The van der Waals surface area contributed by atoms with Gasteiger partial charge >= 0.3 is 0 Å². The van der Waals surface area contributed by atoms with Gasteiger partial charge in [-0.25, -0.2) is 0 Å². The van der Waals surface area contributed by atoms with Crippen LogP contribution in [-0.4, -0.2) is 35.9 Å². The number of amides is 1. The van der Waals surface area contributed by atoms with Crippen LogP contribution >= 0.6 is 23.7 Å². The first-order valence-corrected chi connectivity index (χ1v) is 6.55. The molecule has 1 atom stereocenters. The Hall–Kier alpha value is -0.760. The Bertz CT molecular complexity index is 402. The predicted octanol–water partition coefficient (Wildman–Crippen LogP) is 1.56. The van der Waals surface area contributed by atoms with Gasteiger partial charge in [-0.2, -0.15) is 0 Å². The number of hydrogen-bond donors (Lipinski definition) is 2. The summed E-state index contributed by atoms with van der Waals surface area (Å²) in [6.07, 6.45) is -0.0442. The van der Waals surface area contributed by atoms with Crippen molar-refractivity contribution in [2.24, 2.45) is 5.73 Å². The lowest BCUT2D eigenvalue weighted by Crippen LogP contribution is -2.28. The van der Waals surface area contributed by atoms with Crippen LogP contribution in [0.4, 0.5) is 5.13 Å². The zero-order valence-corrected chi connectivity index (χ0v) is 13.2. The minimum atomic E-state index is -0.264. The maximum atomic E-state index is 11.7. The quantitative estimate of drug-likeness (QED) is 0.861. The molecule has 0 fully saturated rings. The molecule has 0 aliphatic carbocycles. The van der Waals surface area contributed by atoms with E-state index in [1.54, 1.807) is 0 Å².